The van der Waals surface area contributed by atoms with Crippen molar-refractivity contribution in [3.05, 3.63) is 40.4 Å². The van der Waals surface area contributed by atoms with Gasteiger partial charge >= 0.3 is 5.76 Å². The molecule has 1 saturated heterocycles. The number of rotatable bonds is 4. The van der Waals surface area contributed by atoms with E-state index in [0.29, 0.717) is 17.0 Å². The van der Waals surface area contributed by atoms with Crippen molar-refractivity contribution in [2.75, 3.05) is 6.61 Å². The van der Waals surface area contributed by atoms with E-state index in [-0.39, 0.29) is 17.6 Å². The first-order valence-electron chi connectivity index (χ1n) is 8.27. The number of hydrogen-bond acceptors (Lipinski definition) is 5. The number of hydrogen-bond donors (Lipinski definition) is 2. The van der Waals surface area contributed by atoms with E-state index in [2.05, 4.69) is 20.0 Å². The highest BCUT2D eigenvalue weighted by Gasteiger charge is 2.51. The highest BCUT2D eigenvalue weighted by molar-refractivity contribution is 5.95. The Labute approximate surface area is 138 Å². The largest absolute Gasteiger partial charge is 0.439 e. The minimum absolute atomic E-state index is 0.0955. The molecule has 2 aromatic rings. The van der Waals surface area contributed by atoms with Crippen LogP contribution in [0.2, 0.25) is 0 Å². The lowest BCUT2D eigenvalue weighted by Gasteiger charge is -2.31. The molecule has 0 radical (unpaired) electrons. The van der Waals surface area contributed by atoms with Crippen LogP contribution in [0.3, 0.4) is 0 Å². The summed E-state index contributed by atoms with van der Waals surface area (Å²) in [7, 11) is 0. The van der Waals surface area contributed by atoms with Gasteiger partial charge in [0.1, 0.15) is 0 Å². The van der Waals surface area contributed by atoms with Crippen molar-refractivity contribution in [1.82, 2.24) is 15.5 Å². The Kier molecular flexibility index (Phi) is 3.72. The zero-order valence-corrected chi connectivity index (χ0v) is 13.2. The molecule has 1 amide bonds. The Hall–Kier alpha value is -2.41. The normalized spacial score (nSPS) is 22.1. The van der Waals surface area contributed by atoms with Gasteiger partial charge in [-0.3, -0.25) is 14.3 Å². The molecule has 0 bridgehead atoms. The smallest absolute Gasteiger partial charge is 0.376 e. The summed E-state index contributed by atoms with van der Waals surface area (Å²) >= 11 is 0. The molecule has 1 aliphatic heterocycles. The van der Waals surface area contributed by atoms with Crippen molar-refractivity contribution < 1.29 is 14.1 Å². The summed E-state index contributed by atoms with van der Waals surface area (Å²) in [5, 5.41) is 6.79. The number of carbonyl (C=O) groups is 1. The van der Waals surface area contributed by atoms with Crippen molar-refractivity contribution in [2.45, 2.75) is 43.7 Å². The molecule has 4 rings (SSSR count). The summed E-state index contributed by atoms with van der Waals surface area (Å²) in [5.74, 6) is -0.349. The second kappa shape index (κ2) is 5.90. The number of nitrogens with zero attached hydrogens (tertiary/aromatic N) is 1. The van der Waals surface area contributed by atoms with Crippen molar-refractivity contribution in [3.8, 4) is 11.4 Å². The van der Waals surface area contributed by atoms with Crippen molar-refractivity contribution in [1.29, 1.82) is 0 Å². The van der Waals surface area contributed by atoms with Crippen LogP contribution in [0.25, 0.3) is 11.4 Å². The Morgan fingerprint density at radius 1 is 1.25 bits per heavy atom. The highest BCUT2D eigenvalue weighted by atomic mass is 16.5. The van der Waals surface area contributed by atoms with Crippen molar-refractivity contribution in [2.24, 2.45) is 0 Å². The highest BCUT2D eigenvalue weighted by Crippen LogP contribution is 2.43. The van der Waals surface area contributed by atoms with Gasteiger partial charge in [0.05, 0.1) is 11.6 Å². The fraction of sp³-hybridized carbons (Fsp3) is 0.471. The van der Waals surface area contributed by atoms with Crippen LogP contribution in [-0.4, -0.2) is 34.3 Å². The number of carbonyl (C=O) groups excluding carboxylic acids is 1. The van der Waals surface area contributed by atoms with Gasteiger partial charge in [0.2, 0.25) is 0 Å². The molecular formula is C17H19N3O4. The molecule has 7 heteroatoms. The fourth-order valence-electron chi connectivity index (χ4n) is 3.27. The molecule has 2 N–H and O–H groups in total. The quantitative estimate of drug-likeness (QED) is 0.892. The molecule has 1 atom stereocenters. The van der Waals surface area contributed by atoms with Crippen LogP contribution in [0, 0.1) is 0 Å². The van der Waals surface area contributed by atoms with Gasteiger partial charge in [-0.1, -0.05) is 17.3 Å². The summed E-state index contributed by atoms with van der Waals surface area (Å²) < 4.78 is 10.3. The predicted molar refractivity (Wildman–Crippen MR) is 85.6 cm³/mol. The maximum Gasteiger partial charge on any atom is 0.439 e. The minimum Gasteiger partial charge on any atom is -0.376 e. The van der Waals surface area contributed by atoms with E-state index in [1.165, 1.54) is 0 Å². The molecular weight excluding hydrogens is 310 g/mol. The second-order valence-electron chi connectivity index (χ2n) is 6.49. The molecule has 126 valence electrons. The molecule has 1 aromatic heterocycles. The number of aromatic amines is 1. The van der Waals surface area contributed by atoms with E-state index in [1.807, 2.05) is 0 Å². The Bertz CT molecular complexity index is 783. The monoisotopic (exact) mass is 329 g/mol. The number of H-pyrrole nitrogens is 1. The van der Waals surface area contributed by atoms with Gasteiger partial charge in [0.25, 0.3) is 5.91 Å². The van der Waals surface area contributed by atoms with Gasteiger partial charge in [0.15, 0.2) is 5.82 Å². The number of ether oxygens (including phenoxy) is 1. The Balaban J connectivity index is 1.46. The molecule has 1 saturated carbocycles. The van der Waals surface area contributed by atoms with Gasteiger partial charge in [-0.05, 0) is 44.2 Å². The Morgan fingerprint density at radius 2 is 2.04 bits per heavy atom. The van der Waals surface area contributed by atoms with Crippen LogP contribution >= 0.6 is 0 Å². The third-order valence-corrected chi connectivity index (χ3v) is 4.81. The summed E-state index contributed by atoms with van der Waals surface area (Å²) in [6.45, 7) is 0.785. The van der Waals surface area contributed by atoms with E-state index in [9.17, 15) is 9.59 Å². The lowest BCUT2D eigenvalue weighted by molar-refractivity contribution is -0.0139. The zero-order chi connectivity index (χ0) is 16.6. The SMILES string of the molecule is O=C(NC1(C2CCCCO2)CC1)c1ccc(-c2noc(=O)[nH]2)cc1. The van der Waals surface area contributed by atoms with Crippen LogP contribution in [0.1, 0.15) is 42.5 Å². The Morgan fingerprint density at radius 3 is 2.62 bits per heavy atom. The summed E-state index contributed by atoms with van der Waals surface area (Å²) in [6, 6.07) is 6.91. The molecule has 2 heterocycles. The molecule has 0 spiro atoms. The minimum atomic E-state index is -0.602. The first-order chi connectivity index (χ1) is 11.7. The topological polar surface area (TPSA) is 97.2 Å². The van der Waals surface area contributed by atoms with E-state index >= 15 is 0 Å². The van der Waals surface area contributed by atoms with Crippen molar-refractivity contribution >= 4 is 5.91 Å². The van der Waals surface area contributed by atoms with E-state index < -0.39 is 5.76 Å². The van der Waals surface area contributed by atoms with Gasteiger partial charge in [-0.15, -0.1) is 0 Å². The third-order valence-electron chi connectivity index (χ3n) is 4.81. The molecule has 1 aliphatic carbocycles. The van der Waals surface area contributed by atoms with Crippen LogP contribution in [0.4, 0.5) is 0 Å². The number of aromatic nitrogens is 2. The molecule has 7 nitrogen and oxygen atoms in total. The predicted octanol–water partition coefficient (Wildman–Crippen LogP) is 1.86. The van der Waals surface area contributed by atoms with Crippen LogP contribution in [0.5, 0.6) is 0 Å². The first-order valence-corrected chi connectivity index (χ1v) is 8.27. The van der Waals surface area contributed by atoms with Gasteiger partial charge < -0.3 is 10.1 Å². The van der Waals surface area contributed by atoms with Gasteiger partial charge in [-0.25, -0.2) is 4.79 Å². The standard InChI is InChI=1S/C17H19N3O4/c21-15(19-17(8-9-17)13-3-1-2-10-23-13)12-6-4-11(5-7-12)14-18-16(22)24-20-14/h4-7,13H,1-3,8-10H2,(H,19,21)(H,18,20,22). The van der Waals surface area contributed by atoms with Crippen LogP contribution < -0.4 is 11.1 Å². The lowest BCUT2D eigenvalue weighted by atomic mass is 9.99. The van der Waals surface area contributed by atoms with Gasteiger partial charge in [-0.2, -0.15) is 0 Å². The zero-order valence-electron chi connectivity index (χ0n) is 13.2. The van der Waals surface area contributed by atoms with Crippen LogP contribution in [0.15, 0.2) is 33.6 Å². The van der Waals surface area contributed by atoms with Crippen molar-refractivity contribution in [3.63, 3.8) is 0 Å². The summed E-state index contributed by atoms with van der Waals surface area (Å²) in [5.41, 5.74) is 1.08. The average molecular weight is 329 g/mol. The maximum atomic E-state index is 12.5. The van der Waals surface area contributed by atoms with E-state index in [0.717, 1.165) is 38.7 Å². The molecule has 2 fully saturated rings. The molecule has 24 heavy (non-hydrogen) atoms. The fourth-order valence-corrected chi connectivity index (χ4v) is 3.27. The van der Waals surface area contributed by atoms with Crippen LogP contribution in [-0.2, 0) is 4.74 Å². The average Bonchev–Trinajstić information content (AvgIpc) is 3.28. The van der Waals surface area contributed by atoms with E-state index in [1.54, 1.807) is 24.3 Å². The number of amides is 1. The number of benzene rings is 1. The third kappa shape index (κ3) is 2.87. The van der Waals surface area contributed by atoms with Gasteiger partial charge in [0, 0.05) is 17.7 Å². The molecule has 1 unspecified atom stereocenters. The maximum absolute atomic E-state index is 12.5. The first kappa shape index (κ1) is 15.1. The van der Waals surface area contributed by atoms with E-state index in [4.69, 9.17) is 4.74 Å². The molecule has 2 aliphatic rings. The summed E-state index contributed by atoms with van der Waals surface area (Å²) in [4.78, 5) is 26.0. The lowest BCUT2D eigenvalue weighted by Crippen LogP contribution is -2.48. The molecule has 1 aromatic carbocycles. The second-order valence-corrected chi connectivity index (χ2v) is 6.49. The number of nitrogens with one attached hydrogen (secondary N) is 2. The summed E-state index contributed by atoms with van der Waals surface area (Å²) in [6.07, 6.45) is 5.36.